The van der Waals surface area contributed by atoms with Crippen LogP contribution in [0.15, 0.2) is 18.2 Å². The van der Waals surface area contributed by atoms with Gasteiger partial charge in [0.05, 0.1) is 18.9 Å². The molecule has 2 rings (SSSR count). The Balaban J connectivity index is 2.09. The average molecular weight is 271 g/mol. The molecule has 0 bridgehead atoms. The van der Waals surface area contributed by atoms with Gasteiger partial charge in [-0.3, -0.25) is 0 Å². The van der Waals surface area contributed by atoms with Crippen molar-refractivity contribution in [1.82, 2.24) is 0 Å². The van der Waals surface area contributed by atoms with Gasteiger partial charge in [-0.15, -0.1) is 0 Å². The molecule has 0 saturated carbocycles. The van der Waals surface area contributed by atoms with Gasteiger partial charge in [0.1, 0.15) is 24.1 Å². The maximum absolute atomic E-state index is 9.72. The van der Waals surface area contributed by atoms with Gasteiger partial charge >= 0.3 is 0 Å². The number of ether oxygens (including phenoxy) is 2. The summed E-state index contributed by atoms with van der Waals surface area (Å²) in [5.74, 6) is 0.268. The van der Waals surface area contributed by atoms with E-state index >= 15 is 0 Å². The lowest BCUT2D eigenvalue weighted by Crippen LogP contribution is -2.54. The monoisotopic (exact) mass is 271 g/mol. The van der Waals surface area contributed by atoms with E-state index in [0.29, 0.717) is 5.56 Å². The molecular formula is C12H17NO6. The molecule has 106 valence electrons. The Morgan fingerprint density at radius 2 is 2.00 bits per heavy atom. The number of aliphatic hydroxyl groups excluding tert-OH is 4. The maximum atomic E-state index is 9.72. The molecule has 0 unspecified atom stereocenters. The lowest BCUT2D eigenvalue weighted by Gasteiger charge is -2.35. The molecule has 0 aliphatic carbocycles. The molecule has 0 spiro atoms. The summed E-state index contributed by atoms with van der Waals surface area (Å²) < 4.78 is 10.5. The Morgan fingerprint density at radius 1 is 1.26 bits per heavy atom. The minimum atomic E-state index is -1.37. The van der Waals surface area contributed by atoms with E-state index in [2.05, 4.69) is 0 Å². The third kappa shape index (κ3) is 2.96. The lowest BCUT2D eigenvalue weighted by atomic mass is 10.1. The van der Waals surface area contributed by atoms with Crippen LogP contribution in [0, 0.1) is 0 Å². The van der Waals surface area contributed by atoms with Crippen LogP contribution in [0.5, 0.6) is 5.75 Å². The summed E-state index contributed by atoms with van der Waals surface area (Å²) in [5.41, 5.74) is 6.65. The molecule has 0 amide bonds. The molecule has 1 aliphatic heterocycles. The van der Waals surface area contributed by atoms with Crippen LogP contribution in [-0.4, -0.2) is 51.6 Å². The van der Waals surface area contributed by atoms with E-state index in [1.807, 2.05) is 0 Å². The first-order valence-corrected chi connectivity index (χ1v) is 5.84. The number of hydrogen-bond acceptors (Lipinski definition) is 7. The molecule has 1 aliphatic rings. The zero-order chi connectivity index (χ0) is 14.0. The molecule has 7 heteroatoms. The molecular weight excluding hydrogens is 254 g/mol. The molecule has 19 heavy (non-hydrogen) atoms. The summed E-state index contributed by atoms with van der Waals surface area (Å²) >= 11 is 0. The van der Waals surface area contributed by atoms with Crippen molar-refractivity contribution in [2.24, 2.45) is 0 Å². The Kier molecular flexibility index (Phi) is 4.23. The first-order chi connectivity index (χ1) is 9.02. The van der Waals surface area contributed by atoms with Crippen LogP contribution in [0.2, 0.25) is 0 Å². The minimum Gasteiger partial charge on any atom is -0.460 e. The fourth-order valence-electron chi connectivity index (χ4n) is 1.81. The van der Waals surface area contributed by atoms with Gasteiger partial charge in [0.25, 0.3) is 0 Å². The molecule has 6 N–H and O–H groups in total. The normalized spacial score (nSPS) is 31.2. The summed E-state index contributed by atoms with van der Waals surface area (Å²) in [6.07, 6.45) is -4.97. The summed E-state index contributed by atoms with van der Waals surface area (Å²) in [7, 11) is 0. The van der Waals surface area contributed by atoms with Crippen molar-refractivity contribution >= 4 is 5.69 Å². The van der Waals surface area contributed by atoms with Crippen molar-refractivity contribution in [2.75, 3.05) is 12.3 Å². The third-order valence-corrected chi connectivity index (χ3v) is 2.95. The van der Waals surface area contributed by atoms with Crippen LogP contribution < -0.4 is 10.5 Å². The molecule has 1 aromatic rings. The van der Waals surface area contributed by atoms with Crippen molar-refractivity contribution in [3.8, 4) is 5.75 Å². The average Bonchev–Trinajstić information content (AvgIpc) is 2.41. The van der Waals surface area contributed by atoms with Crippen LogP contribution in [0.3, 0.4) is 0 Å². The SMILES string of the molecule is Nc1cc(CO)ccc1O[C@H]1OC[C@@H](O)[C@H](O)[C@H]1O. The highest BCUT2D eigenvalue weighted by molar-refractivity contribution is 5.54. The van der Waals surface area contributed by atoms with Crippen molar-refractivity contribution in [1.29, 1.82) is 0 Å². The Labute approximate surface area is 109 Å². The van der Waals surface area contributed by atoms with E-state index in [4.69, 9.17) is 20.3 Å². The van der Waals surface area contributed by atoms with Crippen LogP contribution in [-0.2, 0) is 11.3 Å². The highest BCUT2D eigenvalue weighted by Crippen LogP contribution is 2.26. The van der Waals surface area contributed by atoms with Gasteiger partial charge in [-0.2, -0.15) is 0 Å². The molecule has 4 atom stereocenters. The van der Waals surface area contributed by atoms with Gasteiger partial charge in [-0.25, -0.2) is 0 Å². The topological polar surface area (TPSA) is 125 Å². The van der Waals surface area contributed by atoms with Crippen molar-refractivity contribution < 1.29 is 29.9 Å². The number of nitrogen functional groups attached to an aromatic ring is 1. The third-order valence-electron chi connectivity index (χ3n) is 2.95. The van der Waals surface area contributed by atoms with Gasteiger partial charge in [-0.05, 0) is 17.7 Å². The summed E-state index contributed by atoms with van der Waals surface area (Å²) in [4.78, 5) is 0. The number of anilines is 1. The second kappa shape index (κ2) is 5.72. The second-order valence-electron chi connectivity index (χ2n) is 4.40. The van der Waals surface area contributed by atoms with Crippen molar-refractivity contribution in [2.45, 2.75) is 31.2 Å². The molecule has 7 nitrogen and oxygen atoms in total. The predicted octanol–water partition coefficient (Wildman–Crippen LogP) is -1.42. The molecule has 1 aromatic carbocycles. The number of aliphatic hydroxyl groups is 4. The Hall–Kier alpha value is -1.38. The van der Waals surface area contributed by atoms with Gasteiger partial charge in [0, 0.05) is 0 Å². The standard InChI is InChI=1S/C12H17NO6/c13-7-3-6(4-14)1-2-9(7)19-12-11(17)10(16)8(15)5-18-12/h1-3,8,10-12,14-17H,4-5,13H2/t8-,10+,11-,12-/m1/s1. The Morgan fingerprint density at radius 3 is 2.63 bits per heavy atom. The van der Waals surface area contributed by atoms with Gasteiger partial charge < -0.3 is 35.6 Å². The predicted molar refractivity (Wildman–Crippen MR) is 65.2 cm³/mol. The van der Waals surface area contributed by atoms with E-state index in [1.54, 1.807) is 6.07 Å². The fraction of sp³-hybridized carbons (Fsp3) is 0.500. The largest absolute Gasteiger partial charge is 0.460 e. The highest BCUT2D eigenvalue weighted by atomic mass is 16.7. The number of benzene rings is 1. The Bertz CT molecular complexity index is 440. The molecule has 1 heterocycles. The zero-order valence-electron chi connectivity index (χ0n) is 10.1. The van der Waals surface area contributed by atoms with Gasteiger partial charge in [-0.1, -0.05) is 6.07 Å². The van der Waals surface area contributed by atoms with Crippen LogP contribution in [0.25, 0.3) is 0 Å². The number of rotatable bonds is 3. The van der Waals surface area contributed by atoms with Crippen molar-refractivity contribution in [3.05, 3.63) is 23.8 Å². The first-order valence-electron chi connectivity index (χ1n) is 5.84. The summed E-state index contributed by atoms with van der Waals surface area (Å²) in [5, 5.41) is 37.5. The van der Waals surface area contributed by atoms with E-state index in [1.165, 1.54) is 12.1 Å². The van der Waals surface area contributed by atoms with Crippen molar-refractivity contribution in [3.63, 3.8) is 0 Å². The van der Waals surface area contributed by atoms with E-state index < -0.39 is 24.6 Å². The van der Waals surface area contributed by atoms with E-state index in [9.17, 15) is 15.3 Å². The minimum absolute atomic E-state index is 0.141. The number of nitrogens with two attached hydrogens (primary N) is 1. The van der Waals surface area contributed by atoms with Gasteiger partial charge in [0.15, 0.2) is 0 Å². The summed E-state index contributed by atoms with van der Waals surface area (Å²) in [6.45, 7) is -0.282. The quantitative estimate of drug-likeness (QED) is 0.427. The maximum Gasteiger partial charge on any atom is 0.228 e. The smallest absolute Gasteiger partial charge is 0.228 e. The fourth-order valence-corrected chi connectivity index (χ4v) is 1.81. The molecule has 1 fully saturated rings. The number of hydrogen-bond donors (Lipinski definition) is 5. The van der Waals surface area contributed by atoms with Gasteiger partial charge in [0.2, 0.25) is 6.29 Å². The molecule has 0 aromatic heterocycles. The first kappa shape index (κ1) is 14.0. The molecule has 0 radical (unpaired) electrons. The van der Waals surface area contributed by atoms with E-state index in [0.717, 1.165) is 0 Å². The summed E-state index contributed by atoms with van der Waals surface area (Å²) in [6, 6.07) is 4.69. The lowest BCUT2D eigenvalue weighted by molar-refractivity contribution is -0.241. The van der Waals surface area contributed by atoms with E-state index in [-0.39, 0.29) is 24.7 Å². The van der Waals surface area contributed by atoms with Crippen LogP contribution in [0.4, 0.5) is 5.69 Å². The second-order valence-corrected chi connectivity index (χ2v) is 4.40. The zero-order valence-corrected chi connectivity index (χ0v) is 10.1. The van der Waals surface area contributed by atoms with Crippen LogP contribution >= 0.6 is 0 Å². The highest BCUT2D eigenvalue weighted by Gasteiger charge is 2.39. The molecule has 1 saturated heterocycles. The van der Waals surface area contributed by atoms with Crippen LogP contribution in [0.1, 0.15) is 5.56 Å².